The number of pyridine rings is 1. The number of aromatic nitrogens is 1. The molecule has 20 heavy (non-hydrogen) atoms. The number of rotatable bonds is 4. The molecule has 1 aliphatic rings. The zero-order valence-electron chi connectivity index (χ0n) is 11.5. The molecule has 0 aromatic carbocycles. The van der Waals surface area contributed by atoms with Gasteiger partial charge in [0.1, 0.15) is 5.41 Å². The van der Waals surface area contributed by atoms with Gasteiger partial charge in [-0.3, -0.25) is 14.6 Å². The van der Waals surface area contributed by atoms with Crippen LogP contribution in [0, 0.1) is 12.3 Å². The first-order valence-corrected chi connectivity index (χ1v) is 6.44. The van der Waals surface area contributed by atoms with Gasteiger partial charge in [-0.2, -0.15) is 0 Å². The van der Waals surface area contributed by atoms with Crippen LogP contribution in [0.2, 0.25) is 0 Å². The molecule has 2 atom stereocenters. The van der Waals surface area contributed by atoms with E-state index in [9.17, 15) is 14.7 Å². The second-order valence-corrected chi connectivity index (χ2v) is 5.30. The summed E-state index contributed by atoms with van der Waals surface area (Å²) in [5.41, 5.74) is 0.557. The van der Waals surface area contributed by atoms with Crippen LogP contribution in [0.1, 0.15) is 18.2 Å². The molecule has 0 saturated carbocycles. The molecule has 108 valence electrons. The number of hydrogen-bond acceptors (Lipinski definition) is 4. The van der Waals surface area contributed by atoms with Gasteiger partial charge in [-0.25, -0.2) is 0 Å². The van der Waals surface area contributed by atoms with Gasteiger partial charge in [0.2, 0.25) is 5.91 Å². The van der Waals surface area contributed by atoms with Gasteiger partial charge < -0.3 is 15.2 Å². The van der Waals surface area contributed by atoms with Crippen molar-refractivity contribution in [1.82, 2.24) is 10.3 Å². The third-order valence-corrected chi connectivity index (χ3v) is 3.73. The monoisotopic (exact) mass is 278 g/mol. The molecule has 1 saturated heterocycles. The molecular weight excluding hydrogens is 260 g/mol. The Kier molecular flexibility index (Phi) is 4.04. The number of carbonyl (C=O) groups is 2. The highest BCUT2D eigenvalue weighted by molar-refractivity contribution is 5.81. The summed E-state index contributed by atoms with van der Waals surface area (Å²) in [6.45, 7) is 3.79. The normalized spacial score (nSPS) is 25.4. The number of carboxylic acids is 1. The molecule has 1 aliphatic heterocycles. The highest BCUT2D eigenvalue weighted by atomic mass is 16.5. The van der Waals surface area contributed by atoms with Crippen molar-refractivity contribution in [3.05, 3.63) is 29.6 Å². The van der Waals surface area contributed by atoms with Crippen LogP contribution in [0.15, 0.2) is 18.3 Å². The largest absolute Gasteiger partial charge is 0.481 e. The molecule has 1 aromatic heterocycles. The van der Waals surface area contributed by atoms with E-state index in [-0.39, 0.29) is 25.5 Å². The number of aliphatic carboxylic acids is 1. The lowest BCUT2D eigenvalue weighted by molar-refractivity contribution is -0.149. The highest BCUT2D eigenvalue weighted by Gasteiger charge is 2.47. The zero-order chi connectivity index (χ0) is 14.8. The van der Waals surface area contributed by atoms with Crippen LogP contribution in [0.4, 0.5) is 0 Å². The minimum Gasteiger partial charge on any atom is -0.481 e. The van der Waals surface area contributed by atoms with Crippen LogP contribution in [-0.2, 0) is 20.7 Å². The van der Waals surface area contributed by atoms with Crippen molar-refractivity contribution in [2.75, 3.05) is 13.2 Å². The van der Waals surface area contributed by atoms with Crippen molar-refractivity contribution < 1.29 is 19.4 Å². The molecule has 1 fully saturated rings. The average Bonchev–Trinajstić information content (AvgIpc) is 2.75. The van der Waals surface area contributed by atoms with Crippen LogP contribution in [0.25, 0.3) is 0 Å². The van der Waals surface area contributed by atoms with Crippen LogP contribution in [0.3, 0.4) is 0 Å². The number of aryl methyl sites for hydroxylation is 1. The van der Waals surface area contributed by atoms with E-state index in [0.29, 0.717) is 5.69 Å². The molecule has 2 rings (SSSR count). The Hall–Kier alpha value is -1.95. The maximum absolute atomic E-state index is 12.0. The Morgan fingerprint density at radius 2 is 2.35 bits per heavy atom. The Morgan fingerprint density at radius 1 is 1.60 bits per heavy atom. The van der Waals surface area contributed by atoms with Crippen LogP contribution >= 0.6 is 0 Å². The summed E-state index contributed by atoms with van der Waals surface area (Å²) in [6, 6.07) is 3.18. The second kappa shape index (κ2) is 5.58. The molecule has 1 aromatic rings. The first-order valence-electron chi connectivity index (χ1n) is 6.44. The third-order valence-electron chi connectivity index (χ3n) is 3.73. The predicted molar refractivity (Wildman–Crippen MR) is 71.2 cm³/mol. The van der Waals surface area contributed by atoms with E-state index in [1.165, 1.54) is 0 Å². The van der Waals surface area contributed by atoms with E-state index in [2.05, 4.69) is 10.3 Å². The summed E-state index contributed by atoms with van der Waals surface area (Å²) < 4.78 is 5.20. The minimum absolute atomic E-state index is 0.107. The number of carbonyl (C=O) groups excluding carboxylic acids is 1. The van der Waals surface area contributed by atoms with Gasteiger partial charge in [-0.1, -0.05) is 6.07 Å². The lowest BCUT2D eigenvalue weighted by Gasteiger charge is -2.25. The fourth-order valence-electron chi connectivity index (χ4n) is 2.19. The van der Waals surface area contributed by atoms with E-state index < -0.39 is 17.4 Å². The zero-order valence-corrected chi connectivity index (χ0v) is 11.5. The molecule has 0 radical (unpaired) electrons. The number of ether oxygens (including phenoxy) is 1. The summed E-state index contributed by atoms with van der Waals surface area (Å²) in [6.07, 6.45) is 1.77. The van der Waals surface area contributed by atoms with Crippen molar-refractivity contribution in [2.24, 2.45) is 5.41 Å². The molecule has 1 amide bonds. The highest BCUT2D eigenvalue weighted by Crippen LogP contribution is 2.28. The van der Waals surface area contributed by atoms with E-state index in [1.54, 1.807) is 13.1 Å². The summed E-state index contributed by atoms with van der Waals surface area (Å²) in [5, 5.41) is 12.0. The van der Waals surface area contributed by atoms with Crippen LogP contribution in [0.5, 0.6) is 0 Å². The fraction of sp³-hybridized carbons (Fsp3) is 0.500. The maximum Gasteiger partial charge on any atom is 0.313 e. The Bertz CT molecular complexity index is 532. The molecule has 6 nitrogen and oxygen atoms in total. The Balaban J connectivity index is 2.02. The van der Waals surface area contributed by atoms with Crippen molar-refractivity contribution in [3.8, 4) is 0 Å². The minimum atomic E-state index is -1.07. The lowest BCUT2D eigenvalue weighted by atomic mass is 9.85. The molecule has 6 heteroatoms. The van der Waals surface area contributed by atoms with Gasteiger partial charge in [0.15, 0.2) is 0 Å². The quantitative estimate of drug-likeness (QED) is 0.839. The van der Waals surface area contributed by atoms with E-state index in [4.69, 9.17) is 4.74 Å². The van der Waals surface area contributed by atoms with E-state index in [0.717, 1.165) is 5.56 Å². The van der Waals surface area contributed by atoms with Gasteiger partial charge in [0.05, 0.1) is 31.4 Å². The van der Waals surface area contributed by atoms with Crippen molar-refractivity contribution in [2.45, 2.75) is 26.3 Å². The van der Waals surface area contributed by atoms with Gasteiger partial charge in [0, 0.05) is 6.20 Å². The summed E-state index contributed by atoms with van der Waals surface area (Å²) in [4.78, 5) is 27.5. The van der Waals surface area contributed by atoms with Gasteiger partial charge >= 0.3 is 5.97 Å². The van der Waals surface area contributed by atoms with Crippen LogP contribution in [-0.4, -0.2) is 41.2 Å². The third kappa shape index (κ3) is 2.80. The van der Waals surface area contributed by atoms with Gasteiger partial charge in [-0.05, 0) is 25.5 Å². The number of carboxylic acid groups (broad SMARTS) is 1. The lowest BCUT2D eigenvalue weighted by Crippen LogP contribution is -2.50. The first-order chi connectivity index (χ1) is 9.43. The summed E-state index contributed by atoms with van der Waals surface area (Å²) >= 11 is 0. The smallest absolute Gasteiger partial charge is 0.313 e. The van der Waals surface area contributed by atoms with Crippen molar-refractivity contribution in [1.29, 1.82) is 0 Å². The summed E-state index contributed by atoms with van der Waals surface area (Å²) in [7, 11) is 0. The Morgan fingerprint density at radius 3 is 3.00 bits per heavy atom. The van der Waals surface area contributed by atoms with Crippen LogP contribution < -0.4 is 5.32 Å². The molecule has 0 spiro atoms. The SMILES string of the molecule is Cc1cccnc1CC(=O)NC1COCC1(C)C(=O)O. The molecule has 0 aliphatic carbocycles. The van der Waals surface area contributed by atoms with Gasteiger partial charge in [-0.15, -0.1) is 0 Å². The molecule has 2 N–H and O–H groups in total. The Labute approximate surface area is 117 Å². The van der Waals surface area contributed by atoms with Gasteiger partial charge in [0.25, 0.3) is 0 Å². The fourth-order valence-corrected chi connectivity index (χ4v) is 2.19. The molecule has 2 heterocycles. The molecule has 2 unspecified atom stereocenters. The number of amides is 1. The van der Waals surface area contributed by atoms with Crippen molar-refractivity contribution >= 4 is 11.9 Å². The summed E-state index contributed by atoms with van der Waals surface area (Å²) in [5.74, 6) is -1.20. The number of nitrogens with zero attached hydrogens (tertiary/aromatic N) is 1. The number of hydrogen-bond donors (Lipinski definition) is 2. The number of nitrogens with one attached hydrogen (secondary N) is 1. The first kappa shape index (κ1) is 14.5. The standard InChI is InChI=1S/C14H18N2O4/c1-9-4-3-5-15-10(9)6-12(17)16-11-7-20-8-14(11,2)13(18)19/h3-5,11H,6-8H2,1-2H3,(H,16,17)(H,18,19). The topological polar surface area (TPSA) is 88.5 Å². The van der Waals surface area contributed by atoms with E-state index >= 15 is 0 Å². The molecular formula is C14H18N2O4. The average molecular weight is 278 g/mol. The second-order valence-electron chi connectivity index (χ2n) is 5.30. The maximum atomic E-state index is 12.0. The van der Waals surface area contributed by atoms with E-state index in [1.807, 2.05) is 19.1 Å². The van der Waals surface area contributed by atoms with Crippen molar-refractivity contribution in [3.63, 3.8) is 0 Å². The molecule has 0 bridgehead atoms. The predicted octanol–water partition coefficient (Wildman–Crippen LogP) is 0.538.